The van der Waals surface area contributed by atoms with Crippen LogP contribution in [0.1, 0.15) is 34.7 Å². The number of ether oxygens (including phenoxy) is 3. The quantitative estimate of drug-likeness (QED) is 0.820. The van der Waals surface area contributed by atoms with Gasteiger partial charge in [0.15, 0.2) is 0 Å². The smallest absolute Gasteiger partial charge is 0.342 e. The standard InChI is InChI=1S/C17H16O5/c1-20-16(19)13-12-11-7-4-8-21-17(11)22-15(12)10-6-3-2-5-9(10)14(13)18/h2-3,5-6,11,17-18H,4,7-8H2,1H3. The van der Waals surface area contributed by atoms with E-state index in [0.29, 0.717) is 23.3 Å². The van der Waals surface area contributed by atoms with Gasteiger partial charge in [-0.1, -0.05) is 24.3 Å². The molecule has 4 rings (SSSR count). The van der Waals surface area contributed by atoms with Crippen molar-refractivity contribution in [1.82, 2.24) is 0 Å². The van der Waals surface area contributed by atoms with Gasteiger partial charge in [-0.2, -0.15) is 0 Å². The molecule has 0 aromatic heterocycles. The van der Waals surface area contributed by atoms with Crippen LogP contribution in [-0.2, 0) is 9.47 Å². The lowest BCUT2D eigenvalue weighted by Gasteiger charge is -2.24. The third-order valence-corrected chi connectivity index (χ3v) is 4.44. The Bertz CT molecular complexity index is 767. The Labute approximate surface area is 127 Å². The summed E-state index contributed by atoms with van der Waals surface area (Å²) in [5.41, 5.74) is 0.918. The Balaban J connectivity index is 2.06. The van der Waals surface area contributed by atoms with Crippen LogP contribution in [0.15, 0.2) is 24.3 Å². The van der Waals surface area contributed by atoms with Crippen molar-refractivity contribution in [1.29, 1.82) is 0 Å². The molecule has 1 saturated heterocycles. The molecule has 5 heteroatoms. The van der Waals surface area contributed by atoms with E-state index in [1.807, 2.05) is 18.2 Å². The molecule has 0 amide bonds. The molecule has 22 heavy (non-hydrogen) atoms. The van der Waals surface area contributed by atoms with Crippen molar-refractivity contribution < 1.29 is 24.1 Å². The highest BCUT2D eigenvalue weighted by atomic mass is 16.7. The van der Waals surface area contributed by atoms with E-state index in [-0.39, 0.29) is 17.2 Å². The number of rotatable bonds is 1. The Morgan fingerprint density at radius 2 is 2.09 bits per heavy atom. The molecule has 0 radical (unpaired) electrons. The second-order valence-corrected chi connectivity index (χ2v) is 5.61. The van der Waals surface area contributed by atoms with E-state index < -0.39 is 12.3 Å². The molecule has 0 saturated carbocycles. The third-order valence-electron chi connectivity index (χ3n) is 4.44. The molecular weight excluding hydrogens is 284 g/mol. The second kappa shape index (κ2) is 4.88. The predicted molar refractivity (Wildman–Crippen MR) is 79.3 cm³/mol. The van der Waals surface area contributed by atoms with Gasteiger partial charge in [-0.15, -0.1) is 0 Å². The molecule has 2 aliphatic rings. The summed E-state index contributed by atoms with van der Waals surface area (Å²) in [4.78, 5) is 12.2. The number of aromatic hydroxyl groups is 1. The Morgan fingerprint density at radius 3 is 2.86 bits per heavy atom. The number of carbonyl (C=O) groups excluding carboxylic acids is 1. The number of phenols is 1. The van der Waals surface area contributed by atoms with Crippen molar-refractivity contribution in [2.24, 2.45) is 0 Å². The van der Waals surface area contributed by atoms with E-state index in [0.717, 1.165) is 18.2 Å². The Hall–Kier alpha value is -2.27. The fourth-order valence-electron chi connectivity index (χ4n) is 3.47. The molecule has 0 aliphatic carbocycles. The minimum Gasteiger partial charge on any atom is -0.506 e. The number of fused-ring (bicyclic) bond motifs is 5. The van der Waals surface area contributed by atoms with Crippen molar-refractivity contribution >= 4 is 16.7 Å². The number of hydrogen-bond donors (Lipinski definition) is 1. The van der Waals surface area contributed by atoms with Gasteiger partial charge in [0.05, 0.1) is 19.6 Å². The number of hydrogen-bond acceptors (Lipinski definition) is 5. The average Bonchev–Trinajstić information content (AvgIpc) is 2.94. The lowest BCUT2D eigenvalue weighted by molar-refractivity contribution is -0.104. The van der Waals surface area contributed by atoms with Crippen LogP contribution in [0.5, 0.6) is 11.5 Å². The van der Waals surface area contributed by atoms with Gasteiger partial charge in [0, 0.05) is 16.3 Å². The first-order valence-electron chi connectivity index (χ1n) is 7.36. The van der Waals surface area contributed by atoms with Crippen LogP contribution in [0.25, 0.3) is 10.8 Å². The van der Waals surface area contributed by atoms with Crippen LogP contribution in [0, 0.1) is 0 Å². The summed E-state index contributed by atoms with van der Waals surface area (Å²) in [6, 6.07) is 7.34. The van der Waals surface area contributed by atoms with Gasteiger partial charge in [-0.25, -0.2) is 4.79 Å². The minimum atomic E-state index is -0.547. The van der Waals surface area contributed by atoms with Crippen LogP contribution in [0.2, 0.25) is 0 Å². The van der Waals surface area contributed by atoms with Gasteiger partial charge < -0.3 is 19.3 Å². The van der Waals surface area contributed by atoms with Crippen molar-refractivity contribution in [3.8, 4) is 11.5 Å². The minimum absolute atomic E-state index is 0.0453. The Morgan fingerprint density at radius 1 is 1.32 bits per heavy atom. The zero-order chi connectivity index (χ0) is 15.3. The maximum absolute atomic E-state index is 12.2. The summed E-state index contributed by atoms with van der Waals surface area (Å²) in [5.74, 6) is -0.00981. The van der Waals surface area contributed by atoms with E-state index in [2.05, 4.69) is 0 Å². The Kier molecular flexibility index (Phi) is 2.97. The highest BCUT2D eigenvalue weighted by Crippen LogP contribution is 2.52. The fraction of sp³-hybridized carbons (Fsp3) is 0.353. The number of benzene rings is 2. The normalized spacial score (nSPS) is 22.8. The lowest BCUT2D eigenvalue weighted by atomic mass is 9.87. The average molecular weight is 300 g/mol. The highest BCUT2D eigenvalue weighted by Gasteiger charge is 2.43. The summed E-state index contributed by atoms with van der Waals surface area (Å²) >= 11 is 0. The summed E-state index contributed by atoms with van der Waals surface area (Å²) in [7, 11) is 1.31. The van der Waals surface area contributed by atoms with Gasteiger partial charge in [0.2, 0.25) is 6.29 Å². The SMILES string of the molecule is COC(=O)c1c2c(c3ccccc3c1O)OC1OCCCC21. The van der Waals surface area contributed by atoms with Crippen LogP contribution in [-0.4, -0.2) is 31.1 Å². The topological polar surface area (TPSA) is 65.0 Å². The maximum Gasteiger partial charge on any atom is 0.342 e. The molecular formula is C17H16O5. The number of methoxy groups -OCH3 is 1. The molecule has 2 aromatic carbocycles. The summed E-state index contributed by atoms with van der Waals surface area (Å²) in [5, 5.41) is 12.0. The molecule has 1 N–H and O–H groups in total. The summed E-state index contributed by atoms with van der Waals surface area (Å²) < 4.78 is 16.5. The summed E-state index contributed by atoms with van der Waals surface area (Å²) in [6.45, 7) is 0.645. The number of phenolic OH excluding ortho intramolecular Hbond substituents is 1. The first kappa shape index (κ1) is 13.4. The van der Waals surface area contributed by atoms with Crippen molar-refractivity contribution in [2.45, 2.75) is 25.0 Å². The molecule has 1 fully saturated rings. The van der Waals surface area contributed by atoms with E-state index in [1.165, 1.54) is 7.11 Å². The van der Waals surface area contributed by atoms with Gasteiger partial charge in [0.1, 0.15) is 17.1 Å². The number of carbonyl (C=O) groups is 1. The third kappa shape index (κ3) is 1.72. The van der Waals surface area contributed by atoms with Gasteiger partial charge in [-0.3, -0.25) is 0 Å². The largest absolute Gasteiger partial charge is 0.506 e. The second-order valence-electron chi connectivity index (χ2n) is 5.61. The first-order valence-corrected chi connectivity index (χ1v) is 7.36. The molecule has 5 nitrogen and oxygen atoms in total. The zero-order valence-corrected chi connectivity index (χ0v) is 12.2. The predicted octanol–water partition coefficient (Wildman–Crippen LogP) is 2.94. The maximum atomic E-state index is 12.2. The van der Waals surface area contributed by atoms with E-state index in [4.69, 9.17) is 14.2 Å². The fourth-order valence-corrected chi connectivity index (χ4v) is 3.47. The molecule has 2 aromatic rings. The van der Waals surface area contributed by atoms with Gasteiger partial charge >= 0.3 is 5.97 Å². The van der Waals surface area contributed by atoms with Gasteiger partial charge in [-0.05, 0) is 12.8 Å². The molecule has 2 heterocycles. The van der Waals surface area contributed by atoms with Crippen molar-refractivity contribution in [2.75, 3.05) is 13.7 Å². The monoisotopic (exact) mass is 300 g/mol. The number of esters is 1. The van der Waals surface area contributed by atoms with Crippen molar-refractivity contribution in [3.63, 3.8) is 0 Å². The van der Waals surface area contributed by atoms with E-state index in [1.54, 1.807) is 6.07 Å². The van der Waals surface area contributed by atoms with Crippen LogP contribution in [0.4, 0.5) is 0 Å². The van der Waals surface area contributed by atoms with E-state index in [9.17, 15) is 9.90 Å². The highest BCUT2D eigenvalue weighted by molar-refractivity contribution is 6.06. The molecule has 2 aliphatic heterocycles. The summed E-state index contributed by atoms with van der Waals surface area (Å²) in [6.07, 6.45) is 1.37. The molecule has 2 atom stereocenters. The van der Waals surface area contributed by atoms with Crippen LogP contribution >= 0.6 is 0 Å². The molecule has 114 valence electrons. The first-order chi connectivity index (χ1) is 10.7. The van der Waals surface area contributed by atoms with Crippen LogP contribution in [0.3, 0.4) is 0 Å². The molecule has 2 unspecified atom stereocenters. The van der Waals surface area contributed by atoms with Gasteiger partial charge in [0.25, 0.3) is 0 Å². The van der Waals surface area contributed by atoms with Crippen molar-refractivity contribution in [3.05, 3.63) is 35.4 Å². The lowest BCUT2D eigenvalue weighted by Crippen LogP contribution is -2.28. The molecule has 0 bridgehead atoms. The van der Waals surface area contributed by atoms with E-state index >= 15 is 0 Å². The molecule has 0 spiro atoms. The zero-order valence-electron chi connectivity index (χ0n) is 12.2. The van der Waals surface area contributed by atoms with Crippen LogP contribution < -0.4 is 4.74 Å².